The molecule has 0 saturated heterocycles. The number of hydrogen-bond donors (Lipinski definition) is 2. The molecule has 0 heterocycles. The third-order valence-electron chi connectivity index (χ3n) is 2.58. The largest absolute Gasteiger partial charge is 0.370 e. The normalized spacial score (nSPS) is 10.4. The van der Waals surface area contributed by atoms with Crippen LogP contribution in [0.4, 0.5) is 5.69 Å². The van der Waals surface area contributed by atoms with Crippen LogP contribution in [0.3, 0.4) is 0 Å². The minimum absolute atomic E-state index is 0.0231. The van der Waals surface area contributed by atoms with Crippen LogP contribution in [0.1, 0.15) is 24.8 Å². The third kappa shape index (κ3) is 5.67. The van der Waals surface area contributed by atoms with E-state index in [4.69, 9.17) is 17.3 Å². The number of rotatable bonds is 8. The van der Waals surface area contributed by atoms with Crippen LogP contribution in [0.2, 0.25) is 5.02 Å². The van der Waals surface area contributed by atoms with Crippen LogP contribution in [0.25, 0.3) is 0 Å². The number of carbonyl (C=O) groups is 1. The Bertz CT molecular complexity index is 466. The van der Waals surface area contributed by atoms with Crippen LogP contribution in [0, 0.1) is 10.1 Å². The third-order valence-corrected chi connectivity index (χ3v) is 2.95. The van der Waals surface area contributed by atoms with Crippen molar-refractivity contribution in [2.45, 2.75) is 25.8 Å². The highest BCUT2D eigenvalue weighted by molar-refractivity contribution is 6.31. The van der Waals surface area contributed by atoms with Crippen LogP contribution in [-0.4, -0.2) is 17.4 Å². The van der Waals surface area contributed by atoms with Gasteiger partial charge in [-0.25, -0.2) is 0 Å². The number of primary amides is 1. The summed E-state index contributed by atoms with van der Waals surface area (Å²) in [6.07, 6.45) is 1.92. The number of non-ortho nitro benzene ring substituents is 1. The van der Waals surface area contributed by atoms with Crippen LogP contribution >= 0.6 is 11.6 Å². The molecule has 0 spiro atoms. The summed E-state index contributed by atoms with van der Waals surface area (Å²) >= 11 is 5.96. The van der Waals surface area contributed by atoms with Crippen molar-refractivity contribution >= 4 is 23.2 Å². The Kier molecular flexibility index (Phi) is 6.24. The van der Waals surface area contributed by atoms with E-state index in [9.17, 15) is 14.9 Å². The first kappa shape index (κ1) is 15.4. The molecule has 1 aromatic carbocycles. The molecule has 0 bridgehead atoms. The summed E-state index contributed by atoms with van der Waals surface area (Å²) in [5.74, 6) is -0.304. The maximum atomic E-state index is 10.6. The van der Waals surface area contributed by atoms with E-state index in [0.29, 0.717) is 30.1 Å². The van der Waals surface area contributed by atoms with Crippen LogP contribution in [-0.2, 0) is 11.3 Å². The molecule has 0 aromatic heterocycles. The molecule has 7 heteroatoms. The molecular weight excluding hydrogens is 270 g/mol. The number of benzene rings is 1. The van der Waals surface area contributed by atoms with Gasteiger partial charge in [-0.3, -0.25) is 14.9 Å². The van der Waals surface area contributed by atoms with Gasteiger partial charge >= 0.3 is 0 Å². The van der Waals surface area contributed by atoms with Crippen molar-refractivity contribution in [2.24, 2.45) is 5.73 Å². The van der Waals surface area contributed by atoms with E-state index in [1.165, 1.54) is 18.2 Å². The number of unbranched alkanes of at least 4 members (excludes halogenated alkanes) is 1. The predicted molar refractivity (Wildman–Crippen MR) is 72.9 cm³/mol. The maximum Gasteiger partial charge on any atom is 0.269 e. The number of nitrogens with two attached hydrogens (primary N) is 1. The molecule has 0 aliphatic heterocycles. The molecule has 6 nitrogen and oxygen atoms in total. The van der Waals surface area contributed by atoms with Crippen LogP contribution < -0.4 is 11.1 Å². The average Bonchev–Trinajstić information content (AvgIpc) is 2.34. The molecule has 0 unspecified atom stereocenters. The molecule has 0 aliphatic carbocycles. The number of nitrogens with zero attached hydrogens (tertiary/aromatic N) is 1. The lowest BCUT2D eigenvalue weighted by Gasteiger charge is -2.06. The smallest absolute Gasteiger partial charge is 0.269 e. The zero-order valence-electron chi connectivity index (χ0n) is 10.4. The first-order chi connectivity index (χ1) is 9.00. The lowest BCUT2D eigenvalue weighted by atomic mass is 10.2. The van der Waals surface area contributed by atoms with Crippen molar-refractivity contribution in [3.05, 3.63) is 38.9 Å². The summed E-state index contributed by atoms with van der Waals surface area (Å²) in [5, 5.41) is 14.3. The SMILES string of the molecule is NC(=O)CCCCNCc1cc([N+](=O)[O-])ccc1Cl. The molecule has 0 fully saturated rings. The van der Waals surface area contributed by atoms with E-state index < -0.39 is 4.92 Å². The Morgan fingerprint density at radius 3 is 2.79 bits per heavy atom. The van der Waals surface area contributed by atoms with Gasteiger partial charge in [0.2, 0.25) is 5.91 Å². The molecule has 104 valence electrons. The number of carbonyl (C=O) groups excluding carboxylic acids is 1. The van der Waals surface area contributed by atoms with Gasteiger partial charge in [0.1, 0.15) is 0 Å². The summed E-state index contributed by atoms with van der Waals surface area (Å²) in [4.78, 5) is 20.7. The van der Waals surface area contributed by atoms with Crippen molar-refractivity contribution in [1.82, 2.24) is 5.32 Å². The fourth-order valence-electron chi connectivity index (χ4n) is 1.58. The van der Waals surface area contributed by atoms with Gasteiger partial charge in [-0.15, -0.1) is 0 Å². The quantitative estimate of drug-likeness (QED) is 0.433. The van der Waals surface area contributed by atoms with Crippen molar-refractivity contribution < 1.29 is 9.72 Å². The Labute approximate surface area is 116 Å². The zero-order valence-corrected chi connectivity index (χ0v) is 11.2. The minimum atomic E-state index is -0.452. The topological polar surface area (TPSA) is 98.3 Å². The summed E-state index contributed by atoms with van der Waals surface area (Å²) in [5.41, 5.74) is 5.73. The lowest BCUT2D eigenvalue weighted by Crippen LogP contribution is -2.16. The fraction of sp³-hybridized carbons (Fsp3) is 0.417. The van der Waals surface area contributed by atoms with Gasteiger partial charge in [0.25, 0.3) is 5.69 Å². The maximum absolute atomic E-state index is 10.6. The number of amides is 1. The molecule has 3 N–H and O–H groups in total. The van der Waals surface area contributed by atoms with Crippen molar-refractivity contribution in [2.75, 3.05) is 6.54 Å². The van der Waals surface area contributed by atoms with Crippen molar-refractivity contribution in [1.29, 1.82) is 0 Å². The van der Waals surface area contributed by atoms with E-state index >= 15 is 0 Å². The number of halogens is 1. The van der Waals surface area contributed by atoms with Gasteiger partial charge in [0.05, 0.1) is 4.92 Å². The van der Waals surface area contributed by atoms with Crippen LogP contribution in [0.5, 0.6) is 0 Å². The molecule has 1 amide bonds. The van der Waals surface area contributed by atoms with E-state index in [2.05, 4.69) is 5.32 Å². The first-order valence-electron chi connectivity index (χ1n) is 5.92. The van der Waals surface area contributed by atoms with Crippen molar-refractivity contribution in [3.63, 3.8) is 0 Å². The number of nitro groups is 1. The molecule has 0 aliphatic rings. The minimum Gasteiger partial charge on any atom is -0.370 e. The van der Waals surface area contributed by atoms with Crippen molar-refractivity contribution in [3.8, 4) is 0 Å². The highest BCUT2D eigenvalue weighted by Gasteiger charge is 2.09. The lowest BCUT2D eigenvalue weighted by molar-refractivity contribution is -0.384. The highest BCUT2D eigenvalue weighted by atomic mass is 35.5. The van der Waals surface area contributed by atoms with Gasteiger partial charge in [-0.05, 0) is 31.0 Å². The van der Waals surface area contributed by atoms with Crippen LogP contribution in [0.15, 0.2) is 18.2 Å². The van der Waals surface area contributed by atoms with Gasteiger partial charge in [-0.2, -0.15) is 0 Å². The molecule has 0 atom stereocenters. The van der Waals surface area contributed by atoms with Gasteiger partial charge in [0, 0.05) is 30.1 Å². The van der Waals surface area contributed by atoms with Gasteiger partial charge in [0.15, 0.2) is 0 Å². The summed E-state index contributed by atoms with van der Waals surface area (Å²) in [6, 6.07) is 4.35. The Morgan fingerprint density at radius 2 is 2.16 bits per heavy atom. The summed E-state index contributed by atoms with van der Waals surface area (Å²) in [7, 11) is 0. The summed E-state index contributed by atoms with van der Waals surface area (Å²) < 4.78 is 0. The Hall–Kier alpha value is -1.66. The molecule has 1 rings (SSSR count). The molecule has 0 saturated carbocycles. The zero-order chi connectivity index (χ0) is 14.3. The monoisotopic (exact) mass is 285 g/mol. The Morgan fingerprint density at radius 1 is 1.42 bits per heavy atom. The van der Waals surface area contributed by atoms with Gasteiger partial charge < -0.3 is 11.1 Å². The molecule has 0 radical (unpaired) electrons. The second-order valence-electron chi connectivity index (χ2n) is 4.13. The Balaban J connectivity index is 2.38. The van der Waals surface area contributed by atoms with E-state index in [0.717, 1.165) is 12.8 Å². The highest BCUT2D eigenvalue weighted by Crippen LogP contribution is 2.21. The predicted octanol–water partition coefficient (Wildman–Crippen LogP) is 1.99. The van der Waals surface area contributed by atoms with E-state index in [1.54, 1.807) is 0 Å². The van der Waals surface area contributed by atoms with Gasteiger partial charge in [-0.1, -0.05) is 11.6 Å². The van der Waals surface area contributed by atoms with E-state index in [-0.39, 0.29) is 11.6 Å². The first-order valence-corrected chi connectivity index (χ1v) is 6.30. The fourth-order valence-corrected chi connectivity index (χ4v) is 1.77. The number of nitrogens with one attached hydrogen (secondary N) is 1. The standard InChI is InChI=1S/C12H16ClN3O3/c13-11-5-4-10(16(18)19)7-9(11)8-15-6-2-1-3-12(14)17/h4-5,7,15H,1-3,6,8H2,(H2,14,17). The van der Waals surface area contributed by atoms with E-state index in [1.807, 2.05) is 0 Å². The molecule has 19 heavy (non-hydrogen) atoms. The number of hydrogen-bond acceptors (Lipinski definition) is 4. The summed E-state index contributed by atoms with van der Waals surface area (Å²) in [6.45, 7) is 1.16. The second-order valence-corrected chi connectivity index (χ2v) is 4.54. The molecular formula is C12H16ClN3O3. The number of nitro benzene ring substituents is 1. The second kappa shape index (κ2) is 7.70. The molecule has 1 aromatic rings. The average molecular weight is 286 g/mol.